The van der Waals surface area contributed by atoms with E-state index in [1.165, 1.54) is 41.2 Å². The van der Waals surface area contributed by atoms with Gasteiger partial charge in [-0.05, 0) is 35.5 Å². The number of thioether (sulfide) groups is 1. The van der Waals surface area contributed by atoms with E-state index in [1.54, 1.807) is 19.3 Å². The summed E-state index contributed by atoms with van der Waals surface area (Å²) < 4.78 is 38.1. The second kappa shape index (κ2) is 6.17. The number of benzene rings is 1. The molecule has 1 heterocycles. The Balaban J connectivity index is 2.03. The number of carbonyl (C=O) groups is 1. The van der Waals surface area contributed by atoms with Crippen LogP contribution in [0, 0.1) is 0 Å². The van der Waals surface area contributed by atoms with Crippen LogP contribution in [0.25, 0.3) is 6.08 Å². The summed E-state index contributed by atoms with van der Waals surface area (Å²) in [6.07, 6.45) is 5.96. The third-order valence-corrected chi connectivity index (χ3v) is 3.27. The first kappa shape index (κ1) is 15.4. The van der Waals surface area contributed by atoms with Crippen LogP contribution in [0.1, 0.15) is 15.9 Å². The molecule has 1 aromatic heterocycles. The van der Waals surface area contributed by atoms with Crippen LogP contribution in [-0.4, -0.2) is 21.1 Å². The van der Waals surface area contributed by atoms with Gasteiger partial charge in [-0.3, -0.25) is 9.48 Å². The third-order valence-electron chi connectivity index (χ3n) is 2.53. The van der Waals surface area contributed by atoms with Crippen LogP contribution in [0.5, 0.6) is 0 Å². The molecule has 0 aliphatic carbocycles. The van der Waals surface area contributed by atoms with Crippen molar-refractivity contribution in [3.63, 3.8) is 0 Å². The van der Waals surface area contributed by atoms with Crippen LogP contribution in [0.15, 0.2) is 47.6 Å². The standard InChI is InChI=1S/C14H11F3N2OS/c1-19-9-11(8-18-19)13(20)7-4-10-2-5-12(6-3-10)21-14(15,16)17/h2-9H,1H3. The number of alkyl halides is 3. The molecule has 1 aromatic carbocycles. The fourth-order valence-corrected chi connectivity index (χ4v) is 2.14. The monoisotopic (exact) mass is 312 g/mol. The highest BCUT2D eigenvalue weighted by Gasteiger charge is 2.28. The van der Waals surface area contributed by atoms with E-state index in [9.17, 15) is 18.0 Å². The van der Waals surface area contributed by atoms with Crippen molar-refractivity contribution in [1.82, 2.24) is 9.78 Å². The van der Waals surface area contributed by atoms with Crippen LogP contribution in [0.4, 0.5) is 13.2 Å². The molecule has 0 saturated heterocycles. The quantitative estimate of drug-likeness (QED) is 0.487. The maximum atomic E-state index is 12.2. The molecule has 3 nitrogen and oxygen atoms in total. The lowest BCUT2D eigenvalue weighted by Crippen LogP contribution is -1.98. The Bertz CT molecular complexity index is 660. The van der Waals surface area contributed by atoms with Crippen LogP contribution >= 0.6 is 11.8 Å². The molecular weight excluding hydrogens is 301 g/mol. The third kappa shape index (κ3) is 4.78. The summed E-state index contributed by atoms with van der Waals surface area (Å²) in [4.78, 5) is 11.9. The fourth-order valence-electron chi connectivity index (χ4n) is 1.60. The number of hydrogen-bond donors (Lipinski definition) is 0. The molecule has 2 rings (SSSR count). The van der Waals surface area contributed by atoms with Crippen molar-refractivity contribution in [2.45, 2.75) is 10.4 Å². The van der Waals surface area contributed by atoms with Crippen molar-refractivity contribution in [2.75, 3.05) is 0 Å². The zero-order valence-corrected chi connectivity index (χ0v) is 11.8. The summed E-state index contributed by atoms with van der Waals surface area (Å²) in [5.74, 6) is -0.211. The number of hydrogen-bond acceptors (Lipinski definition) is 3. The summed E-state index contributed by atoms with van der Waals surface area (Å²) >= 11 is -0.169. The van der Waals surface area contributed by atoms with E-state index in [1.807, 2.05) is 0 Å². The molecule has 0 unspecified atom stereocenters. The highest BCUT2D eigenvalue weighted by atomic mass is 32.2. The van der Waals surface area contributed by atoms with Gasteiger partial charge in [0.1, 0.15) is 0 Å². The summed E-state index contributed by atoms with van der Waals surface area (Å²) in [5.41, 5.74) is -3.19. The Hall–Kier alpha value is -2.02. The largest absolute Gasteiger partial charge is 0.446 e. The molecule has 0 saturated carbocycles. The first-order valence-corrected chi connectivity index (χ1v) is 6.72. The van der Waals surface area contributed by atoms with Crippen molar-refractivity contribution >= 4 is 23.6 Å². The molecular formula is C14H11F3N2OS. The molecule has 21 heavy (non-hydrogen) atoms. The van der Waals surface area contributed by atoms with Gasteiger partial charge in [0, 0.05) is 18.1 Å². The molecule has 110 valence electrons. The van der Waals surface area contributed by atoms with Crippen molar-refractivity contribution in [1.29, 1.82) is 0 Å². The van der Waals surface area contributed by atoms with Crippen LogP contribution in [0.2, 0.25) is 0 Å². The lowest BCUT2D eigenvalue weighted by atomic mass is 10.1. The van der Waals surface area contributed by atoms with Crippen LogP contribution < -0.4 is 0 Å². The normalized spacial score (nSPS) is 12.0. The molecule has 2 aromatic rings. The first-order chi connectivity index (χ1) is 9.83. The van der Waals surface area contributed by atoms with Gasteiger partial charge in [0.15, 0.2) is 5.78 Å². The fraction of sp³-hybridized carbons (Fsp3) is 0.143. The predicted octanol–water partition coefficient (Wildman–Crippen LogP) is 3.93. The minimum absolute atomic E-state index is 0.109. The molecule has 0 aliphatic rings. The smallest absolute Gasteiger partial charge is 0.289 e. The second-order valence-corrected chi connectivity index (χ2v) is 5.36. The highest BCUT2D eigenvalue weighted by molar-refractivity contribution is 8.00. The minimum Gasteiger partial charge on any atom is -0.289 e. The Morgan fingerprint density at radius 1 is 1.29 bits per heavy atom. The summed E-state index contributed by atoms with van der Waals surface area (Å²) in [7, 11) is 1.71. The van der Waals surface area contributed by atoms with Gasteiger partial charge >= 0.3 is 5.51 Å². The molecule has 0 spiro atoms. The lowest BCUT2D eigenvalue weighted by Gasteiger charge is -2.05. The predicted molar refractivity (Wildman–Crippen MR) is 74.9 cm³/mol. The maximum absolute atomic E-state index is 12.2. The Labute approximate surface area is 123 Å². The van der Waals surface area contributed by atoms with E-state index < -0.39 is 5.51 Å². The van der Waals surface area contributed by atoms with Crippen LogP contribution in [-0.2, 0) is 7.05 Å². The van der Waals surface area contributed by atoms with Crippen molar-refractivity contribution < 1.29 is 18.0 Å². The van der Waals surface area contributed by atoms with E-state index in [-0.39, 0.29) is 22.4 Å². The molecule has 0 aliphatic heterocycles. The number of nitrogens with zero attached hydrogens (tertiary/aromatic N) is 2. The number of aromatic nitrogens is 2. The van der Waals surface area contributed by atoms with E-state index in [4.69, 9.17) is 0 Å². The zero-order valence-electron chi connectivity index (χ0n) is 11.0. The van der Waals surface area contributed by atoms with Gasteiger partial charge in [-0.2, -0.15) is 18.3 Å². The Morgan fingerprint density at radius 3 is 2.48 bits per heavy atom. The SMILES string of the molecule is Cn1cc(C(=O)C=Cc2ccc(SC(F)(F)F)cc2)cn1. The van der Waals surface area contributed by atoms with Crippen molar-refractivity contribution in [3.05, 3.63) is 53.9 Å². The maximum Gasteiger partial charge on any atom is 0.446 e. The molecule has 0 N–H and O–H groups in total. The number of halogens is 3. The van der Waals surface area contributed by atoms with E-state index in [0.717, 1.165) is 0 Å². The number of ketones is 1. The van der Waals surface area contributed by atoms with E-state index >= 15 is 0 Å². The molecule has 0 bridgehead atoms. The van der Waals surface area contributed by atoms with Crippen molar-refractivity contribution in [2.24, 2.45) is 7.05 Å². The van der Waals surface area contributed by atoms with E-state index in [2.05, 4.69) is 5.10 Å². The number of aryl methyl sites for hydroxylation is 1. The topological polar surface area (TPSA) is 34.9 Å². The second-order valence-electron chi connectivity index (χ2n) is 4.22. The van der Waals surface area contributed by atoms with Gasteiger partial charge in [-0.25, -0.2) is 0 Å². The van der Waals surface area contributed by atoms with Gasteiger partial charge in [0.05, 0.1) is 11.8 Å². The van der Waals surface area contributed by atoms with Gasteiger partial charge in [-0.1, -0.05) is 18.2 Å². The minimum atomic E-state index is -4.30. The summed E-state index contributed by atoms with van der Waals surface area (Å²) in [6.45, 7) is 0. The number of carbonyl (C=O) groups excluding carboxylic acids is 1. The average Bonchev–Trinajstić information content (AvgIpc) is 2.82. The van der Waals surface area contributed by atoms with Gasteiger partial charge in [-0.15, -0.1) is 0 Å². The number of allylic oxidation sites excluding steroid dienone is 1. The average molecular weight is 312 g/mol. The van der Waals surface area contributed by atoms with Gasteiger partial charge in [0.25, 0.3) is 0 Å². The molecule has 7 heteroatoms. The number of rotatable bonds is 4. The van der Waals surface area contributed by atoms with Crippen LogP contribution in [0.3, 0.4) is 0 Å². The molecule has 0 radical (unpaired) electrons. The highest BCUT2D eigenvalue weighted by Crippen LogP contribution is 2.36. The first-order valence-electron chi connectivity index (χ1n) is 5.90. The summed E-state index contributed by atoms with van der Waals surface area (Å²) in [6, 6.07) is 5.79. The van der Waals surface area contributed by atoms with E-state index in [0.29, 0.717) is 11.1 Å². The Kier molecular flexibility index (Phi) is 4.52. The summed E-state index contributed by atoms with van der Waals surface area (Å²) in [5, 5.41) is 3.89. The Morgan fingerprint density at radius 2 is 1.95 bits per heavy atom. The molecule has 0 amide bonds. The molecule has 0 fully saturated rings. The van der Waals surface area contributed by atoms with Gasteiger partial charge in [0.2, 0.25) is 0 Å². The van der Waals surface area contributed by atoms with Crippen molar-refractivity contribution in [3.8, 4) is 0 Å². The lowest BCUT2D eigenvalue weighted by molar-refractivity contribution is -0.0328. The van der Waals surface area contributed by atoms with Gasteiger partial charge < -0.3 is 0 Å². The molecule has 0 atom stereocenters. The zero-order chi connectivity index (χ0) is 15.5.